The number of thioether (sulfide) groups is 1. The number of methoxy groups -OCH3 is 1. The number of nitrogens with zero attached hydrogens (tertiary/aromatic N) is 5. The van der Waals surface area contributed by atoms with E-state index in [1.165, 1.54) is 16.4 Å². The SMILES string of the molecule is COc1cccc(OCc2nnc(SCc3noc(C(C)(C)C)n3)n2N)c1. The maximum Gasteiger partial charge on any atom is 0.232 e. The van der Waals surface area contributed by atoms with Crippen molar-refractivity contribution >= 4 is 11.8 Å². The highest BCUT2D eigenvalue weighted by Gasteiger charge is 2.22. The van der Waals surface area contributed by atoms with Crippen LogP contribution in [0.15, 0.2) is 33.9 Å². The van der Waals surface area contributed by atoms with Crippen LogP contribution < -0.4 is 15.3 Å². The fraction of sp³-hybridized carbons (Fsp3) is 0.412. The first kappa shape index (κ1) is 19.0. The summed E-state index contributed by atoms with van der Waals surface area (Å²) in [5.74, 6) is 9.60. The summed E-state index contributed by atoms with van der Waals surface area (Å²) in [5.41, 5.74) is -0.186. The molecule has 1 aromatic carbocycles. The van der Waals surface area contributed by atoms with E-state index in [9.17, 15) is 0 Å². The lowest BCUT2D eigenvalue weighted by atomic mass is 9.97. The van der Waals surface area contributed by atoms with Crippen molar-refractivity contribution in [1.82, 2.24) is 25.0 Å². The summed E-state index contributed by atoms with van der Waals surface area (Å²) in [6.45, 7) is 6.24. The summed E-state index contributed by atoms with van der Waals surface area (Å²) < 4.78 is 17.5. The molecular weight excluding hydrogens is 368 g/mol. The Morgan fingerprint density at radius 1 is 1.22 bits per heavy atom. The van der Waals surface area contributed by atoms with E-state index in [2.05, 4.69) is 20.3 Å². The van der Waals surface area contributed by atoms with Crippen LogP contribution in [0.4, 0.5) is 0 Å². The number of nitrogen functional groups attached to an aromatic ring is 1. The van der Waals surface area contributed by atoms with E-state index in [1.807, 2.05) is 39.0 Å². The molecule has 2 heterocycles. The topological polar surface area (TPSA) is 114 Å². The molecule has 0 spiro atoms. The van der Waals surface area contributed by atoms with Crippen molar-refractivity contribution in [2.45, 2.75) is 43.7 Å². The van der Waals surface area contributed by atoms with Gasteiger partial charge in [-0.15, -0.1) is 10.2 Å². The van der Waals surface area contributed by atoms with Gasteiger partial charge in [-0.25, -0.2) is 4.68 Å². The first-order chi connectivity index (χ1) is 12.9. The largest absolute Gasteiger partial charge is 0.497 e. The second-order valence-corrected chi connectivity index (χ2v) is 7.73. The number of benzene rings is 1. The smallest absolute Gasteiger partial charge is 0.232 e. The molecule has 0 unspecified atom stereocenters. The Kier molecular flexibility index (Phi) is 5.54. The summed E-state index contributed by atoms with van der Waals surface area (Å²) in [4.78, 5) is 4.39. The molecule has 0 aliphatic carbocycles. The van der Waals surface area contributed by atoms with Crippen LogP contribution >= 0.6 is 11.8 Å². The Hall–Kier alpha value is -2.75. The van der Waals surface area contributed by atoms with Gasteiger partial charge in [0.2, 0.25) is 11.0 Å². The van der Waals surface area contributed by atoms with Gasteiger partial charge in [-0.1, -0.05) is 43.8 Å². The average Bonchev–Trinajstić information content (AvgIpc) is 3.25. The predicted octanol–water partition coefficient (Wildman–Crippen LogP) is 2.55. The van der Waals surface area contributed by atoms with Crippen molar-refractivity contribution in [3.8, 4) is 11.5 Å². The molecule has 0 saturated carbocycles. The van der Waals surface area contributed by atoms with Gasteiger partial charge in [-0.2, -0.15) is 4.98 Å². The highest BCUT2D eigenvalue weighted by atomic mass is 32.2. The summed E-state index contributed by atoms with van der Waals surface area (Å²) >= 11 is 1.38. The molecule has 0 amide bonds. The van der Waals surface area contributed by atoms with Gasteiger partial charge in [0, 0.05) is 11.5 Å². The fourth-order valence-corrected chi connectivity index (χ4v) is 2.81. The minimum Gasteiger partial charge on any atom is -0.497 e. The molecule has 2 aromatic heterocycles. The third-order valence-corrected chi connectivity index (χ3v) is 4.52. The van der Waals surface area contributed by atoms with Crippen molar-refractivity contribution in [2.24, 2.45) is 0 Å². The maximum absolute atomic E-state index is 6.06. The van der Waals surface area contributed by atoms with Crippen molar-refractivity contribution in [1.29, 1.82) is 0 Å². The second-order valence-electron chi connectivity index (χ2n) is 6.79. The van der Waals surface area contributed by atoms with Crippen LogP contribution in [0.3, 0.4) is 0 Å². The number of hydrogen-bond acceptors (Lipinski definition) is 9. The second kappa shape index (κ2) is 7.87. The minimum absolute atomic E-state index is 0.186. The molecule has 0 aliphatic heterocycles. The van der Waals surface area contributed by atoms with Crippen molar-refractivity contribution < 1.29 is 14.0 Å². The molecule has 3 aromatic rings. The van der Waals surface area contributed by atoms with Gasteiger partial charge in [0.05, 0.1) is 12.9 Å². The van der Waals surface area contributed by atoms with E-state index in [4.69, 9.17) is 19.8 Å². The van der Waals surface area contributed by atoms with Crippen LogP contribution in [0.5, 0.6) is 11.5 Å². The summed E-state index contributed by atoms with van der Waals surface area (Å²) in [7, 11) is 1.60. The molecule has 9 nitrogen and oxygen atoms in total. The number of aromatic nitrogens is 5. The lowest BCUT2D eigenvalue weighted by Gasteiger charge is -2.10. The normalized spacial score (nSPS) is 11.6. The molecule has 10 heteroatoms. The zero-order chi connectivity index (χ0) is 19.4. The van der Waals surface area contributed by atoms with Crippen LogP contribution in [-0.2, 0) is 17.8 Å². The van der Waals surface area contributed by atoms with Gasteiger partial charge < -0.3 is 19.8 Å². The van der Waals surface area contributed by atoms with Crippen LogP contribution in [0, 0.1) is 0 Å². The lowest BCUT2D eigenvalue weighted by Crippen LogP contribution is -2.15. The monoisotopic (exact) mass is 390 g/mol. The third kappa shape index (κ3) is 4.70. The third-order valence-electron chi connectivity index (χ3n) is 3.58. The molecule has 0 aliphatic rings. The van der Waals surface area contributed by atoms with E-state index in [0.29, 0.717) is 39.9 Å². The van der Waals surface area contributed by atoms with Crippen molar-refractivity contribution in [3.63, 3.8) is 0 Å². The molecule has 0 fully saturated rings. The van der Waals surface area contributed by atoms with Crippen LogP contribution in [-0.4, -0.2) is 32.1 Å². The van der Waals surface area contributed by atoms with Crippen molar-refractivity contribution in [2.75, 3.05) is 13.0 Å². The standard InChI is InChI=1S/C17H22N6O3S/c1-17(2,3)15-19-13(22-26-15)10-27-16-21-20-14(23(16)18)9-25-12-7-5-6-11(8-12)24-4/h5-8H,9-10,18H2,1-4H3. The Morgan fingerprint density at radius 3 is 2.70 bits per heavy atom. The van der Waals surface area contributed by atoms with Gasteiger partial charge in [0.15, 0.2) is 11.6 Å². The Balaban J connectivity index is 1.59. The van der Waals surface area contributed by atoms with Crippen molar-refractivity contribution in [3.05, 3.63) is 41.8 Å². The fourth-order valence-electron chi connectivity index (χ4n) is 2.09. The maximum atomic E-state index is 6.06. The Labute approximate surface area is 161 Å². The highest BCUT2D eigenvalue weighted by molar-refractivity contribution is 7.98. The molecule has 2 N–H and O–H groups in total. The number of rotatable bonds is 7. The van der Waals surface area contributed by atoms with Crippen LogP contribution in [0.1, 0.15) is 38.3 Å². The first-order valence-electron chi connectivity index (χ1n) is 8.29. The molecule has 144 valence electrons. The van der Waals surface area contributed by atoms with Crippen LogP contribution in [0.25, 0.3) is 0 Å². The van der Waals surface area contributed by atoms with E-state index in [0.717, 1.165) is 0 Å². The van der Waals surface area contributed by atoms with Gasteiger partial charge in [0.25, 0.3) is 0 Å². The highest BCUT2D eigenvalue weighted by Crippen LogP contribution is 2.24. The number of ether oxygens (including phenoxy) is 2. The first-order valence-corrected chi connectivity index (χ1v) is 9.27. The molecule has 3 rings (SSSR count). The predicted molar refractivity (Wildman–Crippen MR) is 100 cm³/mol. The molecule has 0 atom stereocenters. The van der Waals surface area contributed by atoms with Gasteiger partial charge in [-0.3, -0.25) is 0 Å². The zero-order valence-corrected chi connectivity index (χ0v) is 16.5. The Bertz CT molecular complexity index is 902. The Morgan fingerprint density at radius 2 is 2.00 bits per heavy atom. The van der Waals surface area contributed by atoms with Gasteiger partial charge >= 0.3 is 0 Å². The number of nitrogens with two attached hydrogens (primary N) is 1. The quantitative estimate of drug-likeness (QED) is 0.480. The van der Waals surface area contributed by atoms with E-state index in [1.54, 1.807) is 13.2 Å². The zero-order valence-electron chi connectivity index (χ0n) is 15.7. The van der Waals surface area contributed by atoms with Crippen LogP contribution in [0.2, 0.25) is 0 Å². The van der Waals surface area contributed by atoms with E-state index < -0.39 is 0 Å². The number of hydrogen-bond donors (Lipinski definition) is 1. The molecule has 27 heavy (non-hydrogen) atoms. The summed E-state index contributed by atoms with van der Waals surface area (Å²) in [6.07, 6.45) is 0. The van der Waals surface area contributed by atoms with E-state index in [-0.39, 0.29) is 12.0 Å². The van der Waals surface area contributed by atoms with Gasteiger partial charge in [0.1, 0.15) is 18.1 Å². The summed E-state index contributed by atoms with van der Waals surface area (Å²) in [6, 6.07) is 7.31. The van der Waals surface area contributed by atoms with E-state index >= 15 is 0 Å². The molecule has 0 radical (unpaired) electrons. The molecular formula is C17H22N6O3S. The molecule has 0 bridgehead atoms. The average molecular weight is 390 g/mol. The minimum atomic E-state index is -0.186. The van der Waals surface area contributed by atoms with Gasteiger partial charge in [-0.05, 0) is 12.1 Å². The molecule has 0 saturated heterocycles. The lowest BCUT2D eigenvalue weighted by molar-refractivity contribution is 0.289. The summed E-state index contributed by atoms with van der Waals surface area (Å²) in [5, 5.41) is 12.7.